The van der Waals surface area contributed by atoms with E-state index >= 15 is 0 Å². The number of urea groups is 1. The normalized spacial score (nSPS) is 16.4. The number of H-pyrrole nitrogens is 1. The number of aliphatic hydroxyl groups excluding tert-OH is 1. The standard InChI is InChI=1S/C24H27F2N3O2/c25-24(26)9-6-16(7-10-24)8-11-27-23(31)29-22-14-28-21-5-4-19(13-20(21)22)18-3-1-2-17(12-18)15-30/h1-5,12-14,16,28,30H,6-11,15H2,(H2,27,29,31). The van der Waals surface area contributed by atoms with E-state index in [0.29, 0.717) is 31.5 Å². The largest absolute Gasteiger partial charge is 0.392 e. The van der Waals surface area contributed by atoms with Crippen LogP contribution in [-0.4, -0.2) is 28.6 Å². The third-order valence-electron chi connectivity index (χ3n) is 6.05. The smallest absolute Gasteiger partial charge is 0.319 e. The van der Waals surface area contributed by atoms with Gasteiger partial charge in [0.05, 0.1) is 12.3 Å². The average Bonchev–Trinajstić information content (AvgIpc) is 3.17. The average molecular weight is 427 g/mol. The summed E-state index contributed by atoms with van der Waals surface area (Å²) in [5, 5.41) is 16.0. The minimum absolute atomic E-state index is 0.0174. The minimum Gasteiger partial charge on any atom is -0.392 e. The fourth-order valence-corrected chi connectivity index (χ4v) is 4.20. The maximum atomic E-state index is 13.2. The number of rotatable bonds is 6. The Kier molecular flexibility index (Phi) is 6.23. The van der Waals surface area contributed by atoms with Gasteiger partial charge in [0.25, 0.3) is 0 Å². The molecule has 164 valence electrons. The maximum absolute atomic E-state index is 13.2. The van der Waals surface area contributed by atoms with Gasteiger partial charge in [-0.1, -0.05) is 24.3 Å². The number of aliphatic hydroxyl groups is 1. The summed E-state index contributed by atoms with van der Waals surface area (Å²) < 4.78 is 26.5. The first-order valence-electron chi connectivity index (χ1n) is 10.7. The van der Waals surface area contributed by atoms with E-state index < -0.39 is 5.92 Å². The first-order chi connectivity index (χ1) is 14.9. The number of anilines is 1. The van der Waals surface area contributed by atoms with Gasteiger partial charge in [0.15, 0.2) is 0 Å². The van der Waals surface area contributed by atoms with Gasteiger partial charge >= 0.3 is 6.03 Å². The lowest BCUT2D eigenvalue weighted by Crippen LogP contribution is -2.32. The van der Waals surface area contributed by atoms with Crippen molar-refractivity contribution < 1.29 is 18.7 Å². The highest BCUT2D eigenvalue weighted by Crippen LogP contribution is 2.37. The number of hydrogen-bond donors (Lipinski definition) is 4. The number of benzene rings is 2. The summed E-state index contributed by atoms with van der Waals surface area (Å²) in [5.41, 5.74) is 4.39. The van der Waals surface area contributed by atoms with Crippen molar-refractivity contribution in [2.45, 2.75) is 44.6 Å². The molecule has 3 aromatic rings. The minimum atomic E-state index is -2.52. The van der Waals surface area contributed by atoms with E-state index in [2.05, 4.69) is 15.6 Å². The molecular weight excluding hydrogens is 400 g/mol. The predicted molar refractivity (Wildman–Crippen MR) is 118 cm³/mol. The van der Waals surface area contributed by atoms with Crippen LogP contribution in [0.1, 0.15) is 37.7 Å². The number of nitrogens with one attached hydrogen (secondary N) is 3. The highest BCUT2D eigenvalue weighted by atomic mass is 19.3. The third-order valence-corrected chi connectivity index (χ3v) is 6.05. The molecule has 1 aromatic heterocycles. The third kappa shape index (κ3) is 5.22. The summed E-state index contributed by atoms with van der Waals surface area (Å²) in [4.78, 5) is 15.5. The number of halogens is 2. The van der Waals surface area contributed by atoms with E-state index in [9.17, 15) is 18.7 Å². The Morgan fingerprint density at radius 3 is 2.68 bits per heavy atom. The van der Waals surface area contributed by atoms with Gasteiger partial charge in [-0.15, -0.1) is 0 Å². The first kappa shape index (κ1) is 21.3. The second kappa shape index (κ2) is 9.06. The van der Waals surface area contributed by atoms with Gasteiger partial charge in [-0.25, -0.2) is 13.6 Å². The zero-order chi connectivity index (χ0) is 21.8. The van der Waals surface area contributed by atoms with Crippen molar-refractivity contribution in [1.82, 2.24) is 10.3 Å². The molecule has 1 fully saturated rings. The number of carbonyl (C=O) groups excluding carboxylic acids is 1. The van der Waals surface area contributed by atoms with Crippen molar-refractivity contribution in [3.05, 3.63) is 54.2 Å². The Morgan fingerprint density at radius 1 is 1.13 bits per heavy atom. The lowest BCUT2D eigenvalue weighted by atomic mass is 9.85. The Balaban J connectivity index is 1.37. The van der Waals surface area contributed by atoms with Crippen molar-refractivity contribution in [2.24, 2.45) is 5.92 Å². The van der Waals surface area contributed by atoms with Crippen molar-refractivity contribution in [2.75, 3.05) is 11.9 Å². The van der Waals surface area contributed by atoms with Crippen LogP contribution < -0.4 is 10.6 Å². The van der Waals surface area contributed by atoms with Crippen LogP contribution >= 0.6 is 0 Å². The molecule has 1 saturated carbocycles. The summed E-state index contributed by atoms with van der Waals surface area (Å²) in [7, 11) is 0. The molecule has 31 heavy (non-hydrogen) atoms. The Hall–Kier alpha value is -2.93. The van der Waals surface area contributed by atoms with Crippen LogP contribution in [0.5, 0.6) is 0 Å². The highest BCUT2D eigenvalue weighted by molar-refractivity contribution is 6.02. The molecule has 0 spiro atoms. The van der Waals surface area contributed by atoms with Crippen LogP contribution in [-0.2, 0) is 6.61 Å². The molecule has 0 bridgehead atoms. The molecule has 0 atom stereocenters. The fraction of sp³-hybridized carbons (Fsp3) is 0.375. The Morgan fingerprint density at radius 2 is 1.90 bits per heavy atom. The van der Waals surface area contributed by atoms with Crippen molar-refractivity contribution >= 4 is 22.6 Å². The lowest BCUT2D eigenvalue weighted by molar-refractivity contribution is -0.0463. The second-order valence-electron chi connectivity index (χ2n) is 8.29. The molecule has 2 aromatic carbocycles. The lowest BCUT2D eigenvalue weighted by Gasteiger charge is -2.28. The highest BCUT2D eigenvalue weighted by Gasteiger charge is 2.34. The number of alkyl halides is 2. The quantitative estimate of drug-likeness (QED) is 0.409. The van der Waals surface area contributed by atoms with Gasteiger partial charge in [0.2, 0.25) is 5.92 Å². The van der Waals surface area contributed by atoms with Gasteiger partial charge in [-0.2, -0.15) is 0 Å². The molecular formula is C24H27F2N3O2. The number of amides is 2. The Bertz CT molecular complexity index is 1050. The molecule has 0 radical (unpaired) electrons. The van der Waals surface area contributed by atoms with Gasteiger partial charge in [0.1, 0.15) is 0 Å². The first-order valence-corrected chi connectivity index (χ1v) is 10.7. The molecule has 0 saturated heterocycles. The summed E-state index contributed by atoms with van der Waals surface area (Å²) in [5.74, 6) is -2.28. The molecule has 7 heteroatoms. The molecule has 4 N–H and O–H groups in total. The van der Waals surface area contributed by atoms with E-state index in [0.717, 1.165) is 27.6 Å². The number of carbonyl (C=O) groups is 1. The number of fused-ring (bicyclic) bond motifs is 1. The summed E-state index contributed by atoms with van der Waals surface area (Å²) in [6, 6.07) is 13.3. The van der Waals surface area contributed by atoms with Crippen LogP contribution in [0.25, 0.3) is 22.0 Å². The zero-order valence-corrected chi connectivity index (χ0v) is 17.3. The molecule has 1 heterocycles. The Labute approximate surface area is 179 Å². The van der Waals surface area contributed by atoms with Crippen LogP contribution in [0.15, 0.2) is 48.7 Å². The van der Waals surface area contributed by atoms with E-state index in [1.54, 1.807) is 6.20 Å². The molecule has 1 aliphatic rings. The molecule has 4 rings (SSSR count). The van der Waals surface area contributed by atoms with E-state index in [4.69, 9.17) is 0 Å². The predicted octanol–water partition coefficient (Wildman–Crippen LogP) is 5.66. The number of aromatic amines is 1. The zero-order valence-electron chi connectivity index (χ0n) is 17.3. The molecule has 1 aliphatic carbocycles. The topological polar surface area (TPSA) is 77.2 Å². The van der Waals surface area contributed by atoms with Crippen LogP contribution in [0.4, 0.5) is 19.3 Å². The molecule has 0 aliphatic heterocycles. The monoisotopic (exact) mass is 427 g/mol. The van der Waals surface area contributed by atoms with Crippen LogP contribution in [0, 0.1) is 5.92 Å². The van der Waals surface area contributed by atoms with Crippen molar-refractivity contribution in [3.63, 3.8) is 0 Å². The maximum Gasteiger partial charge on any atom is 0.319 e. The van der Waals surface area contributed by atoms with Crippen molar-refractivity contribution in [3.8, 4) is 11.1 Å². The summed E-state index contributed by atoms with van der Waals surface area (Å²) in [6.07, 6.45) is 3.38. The van der Waals surface area contributed by atoms with Crippen LogP contribution in [0.3, 0.4) is 0 Å². The SMILES string of the molecule is O=C(NCCC1CCC(F)(F)CC1)Nc1c[nH]c2ccc(-c3cccc(CO)c3)cc12. The van der Waals surface area contributed by atoms with Gasteiger partial charge in [-0.3, -0.25) is 0 Å². The summed E-state index contributed by atoms with van der Waals surface area (Å²) in [6.45, 7) is 0.445. The van der Waals surface area contributed by atoms with Crippen molar-refractivity contribution in [1.29, 1.82) is 0 Å². The summed E-state index contributed by atoms with van der Waals surface area (Å²) >= 11 is 0. The fourth-order valence-electron chi connectivity index (χ4n) is 4.20. The van der Waals surface area contributed by atoms with Gasteiger partial charge < -0.3 is 20.7 Å². The van der Waals surface area contributed by atoms with E-state index in [-0.39, 0.29) is 31.4 Å². The van der Waals surface area contributed by atoms with Crippen LogP contribution in [0.2, 0.25) is 0 Å². The second-order valence-corrected chi connectivity index (χ2v) is 8.29. The number of aromatic nitrogens is 1. The van der Waals surface area contributed by atoms with Gasteiger partial charge in [0, 0.05) is 36.5 Å². The molecule has 5 nitrogen and oxygen atoms in total. The molecule has 2 amide bonds. The molecule has 0 unspecified atom stereocenters. The van der Waals surface area contributed by atoms with E-state index in [1.807, 2.05) is 42.5 Å². The number of hydrogen-bond acceptors (Lipinski definition) is 2. The van der Waals surface area contributed by atoms with Gasteiger partial charge in [-0.05, 0) is 60.1 Å². The van der Waals surface area contributed by atoms with E-state index in [1.165, 1.54) is 0 Å².